The molecule has 1 saturated heterocycles. The largest absolute Gasteiger partial charge is 0.342 e. The van der Waals surface area contributed by atoms with Crippen LogP contribution in [-0.4, -0.2) is 62.0 Å². The molecule has 0 atom stereocenters. The van der Waals surface area contributed by atoms with E-state index < -0.39 is 0 Å². The number of nitrogens with one attached hydrogen (secondary N) is 1. The fourth-order valence-corrected chi connectivity index (χ4v) is 2.29. The normalized spacial score (nSPS) is 16.5. The molecule has 1 heterocycles. The van der Waals surface area contributed by atoms with Gasteiger partial charge in [-0.25, -0.2) is 0 Å². The molecule has 17 heavy (non-hydrogen) atoms. The smallest absolute Gasteiger partial charge is 0.236 e. The molecule has 4 nitrogen and oxygen atoms in total. The van der Waals surface area contributed by atoms with E-state index in [4.69, 9.17) is 0 Å². The second-order valence-corrected chi connectivity index (χ2v) is 4.82. The van der Waals surface area contributed by atoms with E-state index in [0.29, 0.717) is 12.5 Å². The Bertz CT molecular complexity index is 215. The summed E-state index contributed by atoms with van der Waals surface area (Å²) in [5, 5.41) is 3.14. The van der Waals surface area contributed by atoms with Crippen LogP contribution in [-0.2, 0) is 4.79 Å². The van der Waals surface area contributed by atoms with Crippen LogP contribution < -0.4 is 5.32 Å². The molecule has 100 valence electrons. The number of amides is 1. The van der Waals surface area contributed by atoms with Gasteiger partial charge in [0.1, 0.15) is 0 Å². The summed E-state index contributed by atoms with van der Waals surface area (Å²) in [6.45, 7) is 7.61. The van der Waals surface area contributed by atoms with Crippen molar-refractivity contribution >= 4 is 5.91 Å². The summed E-state index contributed by atoms with van der Waals surface area (Å²) in [6.07, 6.45) is 4.74. The lowest BCUT2D eigenvalue weighted by atomic mass is 10.1. The molecule has 1 amide bonds. The second-order valence-electron chi connectivity index (χ2n) is 4.82. The maximum Gasteiger partial charge on any atom is 0.236 e. The fourth-order valence-electron chi connectivity index (χ4n) is 2.29. The van der Waals surface area contributed by atoms with Crippen LogP contribution in [0.25, 0.3) is 0 Å². The maximum absolute atomic E-state index is 12.1. The predicted molar refractivity (Wildman–Crippen MR) is 71.1 cm³/mol. The summed E-state index contributed by atoms with van der Waals surface area (Å²) in [7, 11) is 1.95. The zero-order valence-electron chi connectivity index (χ0n) is 11.4. The van der Waals surface area contributed by atoms with Gasteiger partial charge < -0.3 is 10.2 Å². The molecular formula is C13H27N3O. The number of carbonyl (C=O) groups is 1. The van der Waals surface area contributed by atoms with E-state index in [2.05, 4.69) is 17.1 Å². The van der Waals surface area contributed by atoms with Gasteiger partial charge in [0.15, 0.2) is 0 Å². The van der Waals surface area contributed by atoms with Crippen molar-refractivity contribution in [2.45, 2.75) is 32.6 Å². The number of carbonyl (C=O) groups excluding carboxylic acids is 1. The van der Waals surface area contributed by atoms with Crippen LogP contribution in [0.5, 0.6) is 0 Å². The van der Waals surface area contributed by atoms with Crippen molar-refractivity contribution in [1.29, 1.82) is 0 Å². The van der Waals surface area contributed by atoms with Crippen LogP contribution in [0.15, 0.2) is 0 Å². The highest BCUT2D eigenvalue weighted by Crippen LogP contribution is 2.09. The third-order valence-electron chi connectivity index (χ3n) is 3.29. The third kappa shape index (κ3) is 5.50. The van der Waals surface area contributed by atoms with E-state index >= 15 is 0 Å². The summed E-state index contributed by atoms with van der Waals surface area (Å²) < 4.78 is 0. The van der Waals surface area contributed by atoms with Crippen molar-refractivity contribution in [2.24, 2.45) is 0 Å². The Kier molecular flexibility index (Phi) is 7.21. The van der Waals surface area contributed by atoms with E-state index in [1.807, 2.05) is 11.9 Å². The van der Waals surface area contributed by atoms with Crippen molar-refractivity contribution in [3.05, 3.63) is 0 Å². The van der Waals surface area contributed by atoms with E-state index in [1.165, 1.54) is 19.3 Å². The minimum absolute atomic E-state index is 0.314. The molecule has 0 radical (unpaired) electrons. The monoisotopic (exact) mass is 241 g/mol. The van der Waals surface area contributed by atoms with Gasteiger partial charge in [0.2, 0.25) is 5.91 Å². The van der Waals surface area contributed by atoms with Gasteiger partial charge in [-0.05, 0) is 39.3 Å². The molecule has 1 fully saturated rings. The highest BCUT2D eigenvalue weighted by Gasteiger charge is 2.18. The first-order valence-corrected chi connectivity index (χ1v) is 6.92. The van der Waals surface area contributed by atoms with E-state index in [0.717, 1.165) is 39.1 Å². The van der Waals surface area contributed by atoms with Crippen LogP contribution in [0, 0.1) is 0 Å². The van der Waals surface area contributed by atoms with Gasteiger partial charge in [-0.2, -0.15) is 0 Å². The standard InChI is InChI=1S/C13H27N3O/c1-3-8-15(11-7-14-2)12-13(17)16-9-5-4-6-10-16/h14H,3-12H2,1-2H3. The van der Waals surface area contributed by atoms with Gasteiger partial charge in [0.25, 0.3) is 0 Å². The quantitative estimate of drug-likeness (QED) is 0.720. The summed E-state index contributed by atoms with van der Waals surface area (Å²) in [5.74, 6) is 0.314. The van der Waals surface area contributed by atoms with Gasteiger partial charge in [-0.1, -0.05) is 6.92 Å². The van der Waals surface area contributed by atoms with Crippen molar-refractivity contribution in [1.82, 2.24) is 15.1 Å². The van der Waals surface area contributed by atoms with Gasteiger partial charge in [-0.3, -0.25) is 9.69 Å². The van der Waals surface area contributed by atoms with Crippen LogP contribution in [0.1, 0.15) is 32.6 Å². The summed E-state index contributed by atoms with van der Waals surface area (Å²) >= 11 is 0. The highest BCUT2D eigenvalue weighted by molar-refractivity contribution is 5.78. The maximum atomic E-state index is 12.1. The molecule has 1 aliphatic heterocycles. The average Bonchev–Trinajstić information content (AvgIpc) is 2.37. The van der Waals surface area contributed by atoms with Gasteiger partial charge >= 0.3 is 0 Å². The molecule has 0 spiro atoms. The van der Waals surface area contributed by atoms with Crippen LogP contribution >= 0.6 is 0 Å². The lowest BCUT2D eigenvalue weighted by Crippen LogP contribution is -2.44. The minimum Gasteiger partial charge on any atom is -0.342 e. The van der Waals surface area contributed by atoms with Crippen LogP contribution in [0.4, 0.5) is 0 Å². The molecule has 1 rings (SSSR count). The lowest BCUT2D eigenvalue weighted by Gasteiger charge is -2.29. The van der Waals surface area contributed by atoms with Gasteiger partial charge in [0, 0.05) is 26.2 Å². The number of hydrogen-bond acceptors (Lipinski definition) is 3. The Hall–Kier alpha value is -0.610. The fraction of sp³-hybridized carbons (Fsp3) is 0.923. The highest BCUT2D eigenvalue weighted by atomic mass is 16.2. The molecule has 1 N–H and O–H groups in total. The first kappa shape index (κ1) is 14.5. The van der Waals surface area contributed by atoms with Gasteiger partial charge in [-0.15, -0.1) is 0 Å². The van der Waals surface area contributed by atoms with Crippen LogP contribution in [0.2, 0.25) is 0 Å². The van der Waals surface area contributed by atoms with Crippen molar-refractivity contribution in [3.8, 4) is 0 Å². The first-order chi connectivity index (χ1) is 8.27. The van der Waals surface area contributed by atoms with Crippen molar-refractivity contribution < 1.29 is 4.79 Å². The minimum atomic E-state index is 0.314. The first-order valence-electron chi connectivity index (χ1n) is 6.92. The Labute approximate surface area is 105 Å². The number of piperidine rings is 1. The number of likely N-dealkylation sites (N-methyl/N-ethyl adjacent to an activating group) is 1. The molecule has 0 aromatic carbocycles. The molecule has 0 saturated carbocycles. The zero-order valence-corrected chi connectivity index (χ0v) is 11.4. The Morgan fingerprint density at radius 1 is 1.24 bits per heavy atom. The molecule has 0 bridgehead atoms. The van der Waals surface area contributed by atoms with Crippen LogP contribution in [0.3, 0.4) is 0 Å². The van der Waals surface area contributed by atoms with Crippen molar-refractivity contribution in [2.75, 3.05) is 46.3 Å². The number of likely N-dealkylation sites (tertiary alicyclic amines) is 1. The van der Waals surface area contributed by atoms with E-state index in [9.17, 15) is 4.79 Å². The Morgan fingerprint density at radius 2 is 1.94 bits per heavy atom. The number of rotatable bonds is 7. The topological polar surface area (TPSA) is 35.6 Å². The molecule has 1 aliphatic rings. The second kappa shape index (κ2) is 8.48. The number of nitrogens with zero attached hydrogens (tertiary/aromatic N) is 2. The average molecular weight is 241 g/mol. The third-order valence-corrected chi connectivity index (χ3v) is 3.29. The Morgan fingerprint density at radius 3 is 2.53 bits per heavy atom. The molecular weight excluding hydrogens is 214 g/mol. The summed E-state index contributed by atoms with van der Waals surface area (Å²) in [6, 6.07) is 0. The zero-order chi connectivity index (χ0) is 12.5. The van der Waals surface area contributed by atoms with E-state index in [-0.39, 0.29) is 0 Å². The SMILES string of the molecule is CCCN(CCNC)CC(=O)N1CCCCC1. The summed E-state index contributed by atoms with van der Waals surface area (Å²) in [4.78, 5) is 16.4. The summed E-state index contributed by atoms with van der Waals surface area (Å²) in [5.41, 5.74) is 0. The Balaban J connectivity index is 2.33. The van der Waals surface area contributed by atoms with Crippen molar-refractivity contribution in [3.63, 3.8) is 0 Å². The van der Waals surface area contributed by atoms with E-state index in [1.54, 1.807) is 0 Å². The molecule has 0 unspecified atom stereocenters. The number of hydrogen-bond donors (Lipinski definition) is 1. The molecule has 0 aromatic heterocycles. The molecule has 0 aliphatic carbocycles. The lowest BCUT2D eigenvalue weighted by molar-refractivity contribution is -0.133. The van der Waals surface area contributed by atoms with Gasteiger partial charge in [0.05, 0.1) is 6.54 Å². The predicted octanol–water partition coefficient (Wildman–Crippen LogP) is 0.930. The molecule has 0 aromatic rings. The molecule has 4 heteroatoms.